The molecular weight excluding hydrogens is 190 g/mol. The van der Waals surface area contributed by atoms with Crippen LogP contribution in [0.4, 0.5) is 0 Å². The predicted molar refractivity (Wildman–Crippen MR) is 65.5 cm³/mol. The fourth-order valence-electron chi connectivity index (χ4n) is 1.34. The predicted octanol–water partition coefficient (Wildman–Crippen LogP) is -0.852. The SMILES string of the molecule is NCCCCCCNCCNCCNN. The van der Waals surface area contributed by atoms with Crippen LogP contribution in [0, 0.1) is 0 Å². The first-order valence-corrected chi connectivity index (χ1v) is 5.96. The van der Waals surface area contributed by atoms with Gasteiger partial charge in [0.2, 0.25) is 0 Å². The number of unbranched alkanes of at least 4 members (excludes halogenated alkanes) is 3. The molecule has 92 valence electrons. The van der Waals surface area contributed by atoms with Crippen molar-refractivity contribution in [3.63, 3.8) is 0 Å². The van der Waals surface area contributed by atoms with Crippen LogP contribution in [-0.2, 0) is 0 Å². The van der Waals surface area contributed by atoms with E-state index in [0.29, 0.717) is 0 Å². The molecule has 0 fully saturated rings. The van der Waals surface area contributed by atoms with Crippen LogP contribution in [0.15, 0.2) is 0 Å². The molecular formula is C10H27N5. The van der Waals surface area contributed by atoms with Crippen LogP contribution in [0.3, 0.4) is 0 Å². The number of rotatable bonds is 12. The van der Waals surface area contributed by atoms with E-state index in [1.165, 1.54) is 19.3 Å². The summed E-state index contributed by atoms with van der Waals surface area (Å²) in [4.78, 5) is 0. The Hall–Kier alpha value is -0.200. The summed E-state index contributed by atoms with van der Waals surface area (Å²) >= 11 is 0. The van der Waals surface area contributed by atoms with E-state index in [1.807, 2.05) is 0 Å². The molecule has 5 nitrogen and oxygen atoms in total. The number of hydrogen-bond donors (Lipinski definition) is 5. The van der Waals surface area contributed by atoms with Gasteiger partial charge in [-0.25, -0.2) is 0 Å². The smallest absolute Gasteiger partial charge is 0.0223 e. The van der Waals surface area contributed by atoms with E-state index in [2.05, 4.69) is 16.1 Å². The van der Waals surface area contributed by atoms with Crippen LogP contribution >= 0.6 is 0 Å². The van der Waals surface area contributed by atoms with Crippen molar-refractivity contribution in [2.45, 2.75) is 25.7 Å². The zero-order valence-electron chi connectivity index (χ0n) is 9.73. The molecule has 0 aromatic heterocycles. The molecule has 0 aliphatic heterocycles. The Morgan fingerprint density at radius 3 is 1.93 bits per heavy atom. The zero-order chi connectivity index (χ0) is 11.2. The maximum absolute atomic E-state index is 5.41. The molecule has 0 heterocycles. The molecule has 0 aliphatic rings. The van der Waals surface area contributed by atoms with Gasteiger partial charge in [0.05, 0.1) is 0 Å². The first kappa shape index (κ1) is 14.8. The van der Waals surface area contributed by atoms with Crippen molar-refractivity contribution in [1.29, 1.82) is 0 Å². The van der Waals surface area contributed by atoms with Gasteiger partial charge < -0.3 is 16.4 Å². The average Bonchev–Trinajstić information content (AvgIpc) is 2.26. The largest absolute Gasteiger partial charge is 0.330 e. The van der Waals surface area contributed by atoms with Crippen LogP contribution in [0.5, 0.6) is 0 Å². The lowest BCUT2D eigenvalue weighted by molar-refractivity contribution is 0.561. The number of nitrogens with one attached hydrogen (secondary N) is 3. The van der Waals surface area contributed by atoms with Crippen LogP contribution < -0.4 is 27.6 Å². The third kappa shape index (κ3) is 13.8. The average molecular weight is 217 g/mol. The highest BCUT2D eigenvalue weighted by Crippen LogP contribution is 1.96. The summed E-state index contributed by atoms with van der Waals surface area (Å²) in [5.41, 5.74) is 8.02. The molecule has 0 rings (SSSR count). The van der Waals surface area contributed by atoms with Gasteiger partial charge in [-0.05, 0) is 25.9 Å². The molecule has 15 heavy (non-hydrogen) atoms. The summed E-state index contributed by atoms with van der Waals surface area (Å²) in [6, 6.07) is 0. The van der Waals surface area contributed by atoms with Crippen molar-refractivity contribution in [2.75, 3.05) is 39.3 Å². The minimum atomic E-state index is 0.819. The van der Waals surface area contributed by atoms with E-state index in [-0.39, 0.29) is 0 Å². The molecule has 0 spiro atoms. The van der Waals surface area contributed by atoms with Gasteiger partial charge in [-0.1, -0.05) is 12.8 Å². The number of hydrazine groups is 1. The molecule has 0 bridgehead atoms. The molecule has 0 saturated carbocycles. The highest BCUT2D eigenvalue weighted by atomic mass is 15.2. The van der Waals surface area contributed by atoms with Crippen molar-refractivity contribution in [3.05, 3.63) is 0 Å². The minimum absolute atomic E-state index is 0.819. The Labute approximate surface area is 93.3 Å². The standard InChI is InChI=1S/C10H27N5/c11-5-3-1-2-4-6-13-7-8-14-9-10-15-12/h13-15H,1-12H2. The molecule has 0 atom stereocenters. The monoisotopic (exact) mass is 217 g/mol. The van der Waals surface area contributed by atoms with Gasteiger partial charge in [0, 0.05) is 26.2 Å². The highest BCUT2D eigenvalue weighted by molar-refractivity contribution is 4.53. The van der Waals surface area contributed by atoms with E-state index < -0.39 is 0 Å². The molecule has 0 amide bonds. The Morgan fingerprint density at radius 2 is 1.27 bits per heavy atom. The van der Waals surface area contributed by atoms with E-state index in [9.17, 15) is 0 Å². The molecule has 7 N–H and O–H groups in total. The van der Waals surface area contributed by atoms with E-state index in [1.54, 1.807) is 0 Å². The lowest BCUT2D eigenvalue weighted by Gasteiger charge is -2.06. The van der Waals surface area contributed by atoms with E-state index in [4.69, 9.17) is 11.6 Å². The van der Waals surface area contributed by atoms with Crippen LogP contribution in [-0.4, -0.2) is 39.3 Å². The van der Waals surface area contributed by atoms with E-state index in [0.717, 1.165) is 45.7 Å². The Kier molecular flexibility index (Phi) is 13.6. The number of nitrogens with two attached hydrogens (primary N) is 2. The van der Waals surface area contributed by atoms with Gasteiger partial charge in [-0.3, -0.25) is 11.3 Å². The van der Waals surface area contributed by atoms with Crippen LogP contribution in [0.25, 0.3) is 0 Å². The fourth-order valence-corrected chi connectivity index (χ4v) is 1.34. The van der Waals surface area contributed by atoms with Gasteiger partial charge in [0.25, 0.3) is 0 Å². The molecule has 0 saturated heterocycles. The van der Waals surface area contributed by atoms with Crippen molar-refractivity contribution in [3.8, 4) is 0 Å². The third-order valence-electron chi connectivity index (χ3n) is 2.23. The summed E-state index contributed by atoms with van der Waals surface area (Å²) in [7, 11) is 0. The molecule has 0 aromatic rings. The van der Waals surface area contributed by atoms with Gasteiger partial charge in [0.15, 0.2) is 0 Å². The first-order chi connectivity index (χ1) is 7.41. The first-order valence-electron chi connectivity index (χ1n) is 5.96. The van der Waals surface area contributed by atoms with Gasteiger partial charge in [0.1, 0.15) is 0 Å². The topological polar surface area (TPSA) is 88.1 Å². The quantitative estimate of drug-likeness (QED) is 0.167. The van der Waals surface area contributed by atoms with Crippen molar-refractivity contribution < 1.29 is 0 Å². The second-order valence-corrected chi connectivity index (χ2v) is 3.66. The summed E-state index contributed by atoms with van der Waals surface area (Å²) < 4.78 is 0. The van der Waals surface area contributed by atoms with Gasteiger partial charge >= 0.3 is 0 Å². The van der Waals surface area contributed by atoms with Crippen LogP contribution in [0.1, 0.15) is 25.7 Å². The summed E-state index contributed by atoms with van der Waals surface area (Å²) in [5, 5.41) is 6.67. The summed E-state index contributed by atoms with van der Waals surface area (Å²) in [5.74, 6) is 5.13. The second kappa shape index (κ2) is 13.8. The lowest BCUT2D eigenvalue weighted by Crippen LogP contribution is -2.35. The van der Waals surface area contributed by atoms with Gasteiger partial charge in [-0.15, -0.1) is 0 Å². The number of hydrogen-bond acceptors (Lipinski definition) is 5. The zero-order valence-corrected chi connectivity index (χ0v) is 9.73. The highest BCUT2D eigenvalue weighted by Gasteiger charge is 1.89. The summed E-state index contributed by atoms with van der Waals surface area (Å²) in [6.45, 7) is 5.72. The fraction of sp³-hybridized carbons (Fsp3) is 1.00. The normalized spacial score (nSPS) is 10.8. The van der Waals surface area contributed by atoms with Crippen molar-refractivity contribution in [1.82, 2.24) is 16.1 Å². The molecule has 0 aromatic carbocycles. The maximum Gasteiger partial charge on any atom is 0.0223 e. The maximum atomic E-state index is 5.41. The third-order valence-corrected chi connectivity index (χ3v) is 2.23. The summed E-state index contributed by atoms with van der Waals surface area (Å²) in [6.07, 6.45) is 4.96. The minimum Gasteiger partial charge on any atom is -0.330 e. The molecule has 0 aliphatic carbocycles. The molecule has 0 radical (unpaired) electrons. The van der Waals surface area contributed by atoms with E-state index >= 15 is 0 Å². The van der Waals surface area contributed by atoms with Crippen molar-refractivity contribution >= 4 is 0 Å². The Morgan fingerprint density at radius 1 is 0.667 bits per heavy atom. The van der Waals surface area contributed by atoms with Crippen LogP contribution in [0.2, 0.25) is 0 Å². The molecule has 5 heteroatoms. The Bertz CT molecular complexity index is 98.0. The second-order valence-electron chi connectivity index (χ2n) is 3.66. The van der Waals surface area contributed by atoms with Crippen molar-refractivity contribution in [2.24, 2.45) is 11.6 Å². The Balaban J connectivity index is 2.81. The molecule has 0 unspecified atom stereocenters. The lowest BCUT2D eigenvalue weighted by atomic mass is 10.2. The van der Waals surface area contributed by atoms with Gasteiger partial charge in [-0.2, -0.15) is 0 Å².